The number of ketones is 1. The Morgan fingerprint density at radius 1 is 0.912 bits per heavy atom. The summed E-state index contributed by atoms with van der Waals surface area (Å²) >= 11 is 0. The van der Waals surface area contributed by atoms with Gasteiger partial charge in [0, 0.05) is 5.56 Å². The molecule has 34 heavy (non-hydrogen) atoms. The highest BCUT2D eigenvalue weighted by Crippen LogP contribution is 2.51. The molecule has 0 radical (unpaired) electrons. The van der Waals surface area contributed by atoms with Crippen molar-refractivity contribution in [1.82, 2.24) is 0 Å². The minimum absolute atomic E-state index is 0.0258. The van der Waals surface area contributed by atoms with Gasteiger partial charge in [-0.25, -0.2) is 0 Å². The summed E-state index contributed by atoms with van der Waals surface area (Å²) in [4.78, 5) is 21.9. The number of aromatic hydroxyl groups is 4. The number of benzene rings is 2. The highest BCUT2D eigenvalue weighted by Gasteiger charge is 2.29. The Morgan fingerprint density at radius 3 is 1.97 bits per heavy atom. The van der Waals surface area contributed by atoms with Crippen LogP contribution in [0.15, 0.2) is 36.4 Å². The molecule has 0 spiro atoms. The Hall–Kier alpha value is -3.68. The van der Waals surface area contributed by atoms with Crippen molar-refractivity contribution in [3.63, 3.8) is 0 Å². The first-order valence-electron chi connectivity index (χ1n) is 9.61. The van der Waals surface area contributed by atoms with Gasteiger partial charge in [0.15, 0.2) is 23.6 Å². The fraction of sp³-hybridized carbons (Fsp3) is 0.273. The van der Waals surface area contributed by atoms with Gasteiger partial charge in [-0.1, -0.05) is 30.3 Å². The molecule has 0 bridgehead atoms. The number of allylic oxidation sites excluding steroid dienone is 1. The lowest BCUT2D eigenvalue weighted by Gasteiger charge is -2.22. The van der Waals surface area contributed by atoms with E-state index in [1.807, 2.05) is 0 Å². The van der Waals surface area contributed by atoms with Gasteiger partial charge < -0.3 is 55.5 Å². The molecule has 4 atom stereocenters. The fourth-order valence-corrected chi connectivity index (χ4v) is 2.53. The molecule has 12 heteroatoms. The number of aldehydes is 1. The van der Waals surface area contributed by atoms with Crippen molar-refractivity contribution < 1.29 is 60.3 Å². The van der Waals surface area contributed by atoms with Gasteiger partial charge in [0.05, 0.1) is 19.3 Å². The molecule has 9 N–H and O–H groups in total. The third-order valence-corrected chi connectivity index (χ3v) is 4.47. The summed E-state index contributed by atoms with van der Waals surface area (Å²) in [5.41, 5.74) is 0.309. The predicted molar refractivity (Wildman–Crippen MR) is 117 cm³/mol. The van der Waals surface area contributed by atoms with Gasteiger partial charge in [0.1, 0.15) is 24.4 Å². The molecule has 186 valence electrons. The van der Waals surface area contributed by atoms with E-state index in [0.717, 1.165) is 6.08 Å². The topological polar surface area (TPSA) is 225 Å². The standard InChI is InChI=1S/C16H14O6.C6H12O6/c1-22-16-10(12(18)13(19)14(20)15(16)21)7-8-11(17)9-5-3-2-4-6-9;7-1-3(9)5(11)6(12)4(10)2-8/h2-8,18-21H,1H3;1,3-6,8-12H,2H2/t;3-,4+,5+,6+/m.0/s1. The molecule has 12 nitrogen and oxygen atoms in total. The van der Waals surface area contributed by atoms with Crippen LogP contribution in [0.3, 0.4) is 0 Å². The number of aliphatic hydroxyl groups excluding tert-OH is 5. The number of ether oxygens (including phenoxy) is 1. The van der Waals surface area contributed by atoms with Crippen LogP contribution in [0.25, 0.3) is 6.08 Å². The van der Waals surface area contributed by atoms with E-state index in [9.17, 15) is 30.0 Å². The van der Waals surface area contributed by atoms with Crippen LogP contribution >= 0.6 is 0 Å². The van der Waals surface area contributed by atoms with Gasteiger partial charge in [-0.05, 0) is 12.2 Å². The number of hydrogen-bond acceptors (Lipinski definition) is 12. The molecule has 0 aliphatic heterocycles. The number of hydrogen-bond donors (Lipinski definition) is 9. The fourth-order valence-electron chi connectivity index (χ4n) is 2.53. The highest BCUT2D eigenvalue weighted by atomic mass is 16.5. The third kappa shape index (κ3) is 6.91. The summed E-state index contributed by atoms with van der Waals surface area (Å²) in [6.07, 6.45) is -4.50. The number of carbonyl (C=O) groups excluding carboxylic acids is 2. The zero-order chi connectivity index (χ0) is 26.0. The Labute approximate surface area is 193 Å². The maximum absolute atomic E-state index is 12.0. The van der Waals surface area contributed by atoms with E-state index in [0.29, 0.717) is 5.56 Å². The number of aliphatic hydroxyl groups is 5. The average Bonchev–Trinajstić information content (AvgIpc) is 2.87. The molecule has 0 aliphatic rings. The van der Waals surface area contributed by atoms with Gasteiger partial charge in [-0.2, -0.15) is 0 Å². The predicted octanol–water partition coefficient (Wildman–Crippen LogP) is -0.965. The Kier molecular flexibility index (Phi) is 10.9. The minimum Gasteiger partial charge on any atom is -0.504 e. The average molecular weight is 482 g/mol. The molecule has 0 fully saturated rings. The molecule has 2 aromatic rings. The zero-order valence-corrected chi connectivity index (χ0v) is 17.9. The van der Waals surface area contributed by atoms with E-state index in [1.165, 1.54) is 13.2 Å². The van der Waals surface area contributed by atoms with E-state index in [1.54, 1.807) is 30.3 Å². The maximum Gasteiger partial charge on any atom is 0.208 e. The number of methoxy groups -OCH3 is 1. The summed E-state index contributed by atoms with van der Waals surface area (Å²) in [7, 11) is 1.21. The maximum atomic E-state index is 12.0. The van der Waals surface area contributed by atoms with Crippen molar-refractivity contribution in [3.8, 4) is 28.7 Å². The molecule has 2 aromatic carbocycles. The number of phenolic OH excluding ortho intramolecular Hbond substituents is 4. The Bertz CT molecular complexity index is 989. The van der Waals surface area contributed by atoms with Gasteiger partial charge in [-0.3, -0.25) is 4.79 Å². The molecule has 0 saturated carbocycles. The van der Waals surface area contributed by atoms with Crippen LogP contribution in [0.1, 0.15) is 15.9 Å². The first kappa shape index (κ1) is 28.4. The van der Waals surface area contributed by atoms with Gasteiger partial charge in [0.2, 0.25) is 17.2 Å². The SMILES string of the molecule is COc1c(O)c(O)c(O)c(O)c1C=CC(=O)c1ccccc1.O=C[C@H](O)[C@@H](O)[C@H](O)[C@H](O)CO. The lowest BCUT2D eigenvalue weighted by atomic mass is 10.0. The van der Waals surface area contributed by atoms with Crippen LogP contribution in [-0.4, -0.2) is 96.2 Å². The van der Waals surface area contributed by atoms with Crippen LogP contribution in [0.5, 0.6) is 28.7 Å². The van der Waals surface area contributed by atoms with Crippen LogP contribution in [-0.2, 0) is 4.79 Å². The summed E-state index contributed by atoms with van der Waals surface area (Å²) in [6.45, 7) is -0.760. The van der Waals surface area contributed by atoms with Crippen LogP contribution in [0, 0.1) is 0 Å². The molecule has 0 unspecified atom stereocenters. The molecular formula is C22H26O12. The lowest BCUT2D eigenvalue weighted by molar-refractivity contribution is -0.136. The summed E-state index contributed by atoms with van der Waals surface area (Å²) < 4.78 is 4.89. The summed E-state index contributed by atoms with van der Waals surface area (Å²) in [5, 5.41) is 82.1. The molecule has 0 amide bonds. The molecule has 0 aliphatic carbocycles. The molecular weight excluding hydrogens is 456 g/mol. The van der Waals surface area contributed by atoms with Gasteiger partial charge in [0.25, 0.3) is 0 Å². The van der Waals surface area contributed by atoms with Crippen molar-refractivity contribution >= 4 is 18.1 Å². The van der Waals surface area contributed by atoms with Gasteiger partial charge >= 0.3 is 0 Å². The minimum atomic E-state index is -1.79. The Balaban J connectivity index is 0.000000411. The van der Waals surface area contributed by atoms with Crippen molar-refractivity contribution in [2.75, 3.05) is 13.7 Å². The second-order valence-electron chi connectivity index (χ2n) is 6.76. The molecule has 0 saturated heterocycles. The van der Waals surface area contributed by atoms with Gasteiger partial charge in [-0.15, -0.1) is 0 Å². The zero-order valence-electron chi connectivity index (χ0n) is 17.9. The summed E-state index contributed by atoms with van der Waals surface area (Å²) in [6, 6.07) is 8.42. The number of rotatable bonds is 9. The molecule has 0 heterocycles. The lowest BCUT2D eigenvalue weighted by Crippen LogP contribution is -2.46. The third-order valence-electron chi connectivity index (χ3n) is 4.47. The quantitative estimate of drug-likeness (QED) is 0.0692. The van der Waals surface area contributed by atoms with Crippen LogP contribution in [0.2, 0.25) is 0 Å². The van der Waals surface area contributed by atoms with E-state index in [2.05, 4.69) is 0 Å². The van der Waals surface area contributed by atoms with E-state index < -0.39 is 54.0 Å². The largest absolute Gasteiger partial charge is 0.504 e. The number of phenols is 4. The Morgan fingerprint density at radius 2 is 1.47 bits per heavy atom. The van der Waals surface area contributed by atoms with Crippen LogP contribution < -0.4 is 4.74 Å². The number of carbonyl (C=O) groups is 2. The van der Waals surface area contributed by atoms with E-state index >= 15 is 0 Å². The summed E-state index contributed by atoms with van der Waals surface area (Å²) in [5.74, 6) is -3.83. The van der Waals surface area contributed by atoms with Crippen molar-refractivity contribution in [1.29, 1.82) is 0 Å². The van der Waals surface area contributed by atoms with Crippen molar-refractivity contribution in [2.24, 2.45) is 0 Å². The van der Waals surface area contributed by atoms with E-state index in [4.69, 9.17) is 30.3 Å². The van der Waals surface area contributed by atoms with E-state index in [-0.39, 0.29) is 23.4 Å². The second-order valence-corrected chi connectivity index (χ2v) is 6.76. The van der Waals surface area contributed by atoms with Crippen molar-refractivity contribution in [2.45, 2.75) is 24.4 Å². The molecule has 2 rings (SSSR count). The van der Waals surface area contributed by atoms with Crippen molar-refractivity contribution in [3.05, 3.63) is 47.5 Å². The monoisotopic (exact) mass is 482 g/mol. The molecule has 0 aromatic heterocycles. The first-order valence-corrected chi connectivity index (χ1v) is 9.61. The van der Waals surface area contributed by atoms with Crippen LogP contribution in [0.4, 0.5) is 0 Å². The normalized spacial score (nSPS) is 14.4. The first-order chi connectivity index (χ1) is 16.0. The second kappa shape index (κ2) is 13.1. The smallest absolute Gasteiger partial charge is 0.208 e. The highest BCUT2D eigenvalue weighted by molar-refractivity contribution is 6.07.